The Morgan fingerprint density at radius 1 is 0.577 bits per heavy atom. The number of para-hydroxylation sites is 4. The predicted molar refractivity (Wildman–Crippen MR) is 104 cm³/mol. The minimum Gasteiger partial charge on any atom is -0.453 e. The van der Waals surface area contributed by atoms with Crippen LogP contribution < -0.4 is 9.64 Å². The summed E-state index contributed by atoms with van der Waals surface area (Å²) in [4.78, 5) is 6.91. The fourth-order valence-corrected chi connectivity index (χ4v) is 3.36. The van der Waals surface area contributed by atoms with Gasteiger partial charge in [-0.2, -0.15) is 0 Å². The standard InChI is InChI=1S/C23H16N2O/c1-2-9-17(10-3-1)23-20(13-8-16-24-23)25-18-11-4-6-14-21(18)26-22-15-7-5-12-19(22)25/h1-16H. The van der Waals surface area contributed by atoms with E-state index >= 15 is 0 Å². The molecule has 1 aliphatic heterocycles. The molecule has 2 heterocycles. The Labute approximate surface area is 152 Å². The molecular weight excluding hydrogens is 320 g/mol. The largest absolute Gasteiger partial charge is 0.453 e. The summed E-state index contributed by atoms with van der Waals surface area (Å²) in [6.45, 7) is 0. The van der Waals surface area contributed by atoms with Crippen LogP contribution in [0.15, 0.2) is 97.2 Å². The number of hydrogen-bond acceptors (Lipinski definition) is 3. The highest BCUT2D eigenvalue weighted by Crippen LogP contribution is 2.51. The fraction of sp³-hybridized carbons (Fsp3) is 0. The number of pyridine rings is 1. The average Bonchev–Trinajstić information content (AvgIpc) is 2.72. The van der Waals surface area contributed by atoms with E-state index in [0.717, 1.165) is 39.8 Å². The number of anilines is 3. The van der Waals surface area contributed by atoms with Crippen LogP contribution in [0.1, 0.15) is 0 Å². The number of ether oxygens (including phenoxy) is 1. The highest BCUT2D eigenvalue weighted by atomic mass is 16.5. The molecule has 0 amide bonds. The van der Waals surface area contributed by atoms with Crippen molar-refractivity contribution in [2.24, 2.45) is 0 Å². The van der Waals surface area contributed by atoms with Crippen LogP contribution in [0.3, 0.4) is 0 Å². The van der Waals surface area contributed by atoms with Crippen molar-refractivity contribution in [2.45, 2.75) is 0 Å². The van der Waals surface area contributed by atoms with E-state index in [1.54, 1.807) is 0 Å². The summed E-state index contributed by atoms with van der Waals surface area (Å²) < 4.78 is 6.11. The van der Waals surface area contributed by atoms with E-state index in [1.807, 2.05) is 66.9 Å². The molecule has 0 bridgehead atoms. The van der Waals surface area contributed by atoms with Gasteiger partial charge in [0.25, 0.3) is 0 Å². The monoisotopic (exact) mass is 336 g/mol. The quantitative estimate of drug-likeness (QED) is 0.377. The highest BCUT2D eigenvalue weighted by molar-refractivity contribution is 5.91. The zero-order chi connectivity index (χ0) is 17.3. The van der Waals surface area contributed by atoms with Crippen molar-refractivity contribution < 1.29 is 4.74 Å². The van der Waals surface area contributed by atoms with E-state index in [1.165, 1.54) is 0 Å². The molecule has 1 aromatic heterocycles. The summed E-state index contributed by atoms with van der Waals surface area (Å²) in [5.74, 6) is 1.68. The summed E-state index contributed by atoms with van der Waals surface area (Å²) >= 11 is 0. The van der Waals surface area contributed by atoms with Gasteiger partial charge in [0.05, 0.1) is 22.8 Å². The van der Waals surface area contributed by atoms with Crippen LogP contribution in [0.25, 0.3) is 11.3 Å². The SMILES string of the molecule is c1ccc(-c2ncccc2N2c3ccccc3Oc3ccccc32)cc1. The molecule has 3 heteroatoms. The van der Waals surface area contributed by atoms with Gasteiger partial charge in [-0.3, -0.25) is 4.98 Å². The lowest BCUT2D eigenvalue weighted by Crippen LogP contribution is -2.16. The molecule has 124 valence electrons. The number of aromatic nitrogens is 1. The Hall–Kier alpha value is -3.59. The molecule has 3 nitrogen and oxygen atoms in total. The fourth-order valence-electron chi connectivity index (χ4n) is 3.36. The van der Waals surface area contributed by atoms with Gasteiger partial charge in [0.15, 0.2) is 11.5 Å². The maximum absolute atomic E-state index is 6.11. The molecule has 0 spiro atoms. The third kappa shape index (κ3) is 2.33. The molecular formula is C23H16N2O. The summed E-state index contributed by atoms with van der Waals surface area (Å²) in [5, 5.41) is 0. The minimum atomic E-state index is 0.842. The smallest absolute Gasteiger partial charge is 0.151 e. The summed E-state index contributed by atoms with van der Waals surface area (Å²) in [5.41, 5.74) is 5.08. The Morgan fingerprint density at radius 2 is 1.15 bits per heavy atom. The third-order valence-electron chi connectivity index (χ3n) is 4.51. The molecule has 5 rings (SSSR count). The van der Waals surface area contributed by atoms with Gasteiger partial charge in [0.2, 0.25) is 0 Å². The molecule has 26 heavy (non-hydrogen) atoms. The molecule has 3 aromatic carbocycles. The second kappa shape index (κ2) is 6.05. The first-order valence-corrected chi connectivity index (χ1v) is 8.58. The Bertz CT molecular complexity index is 1030. The number of benzene rings is 3. The van der Waals surface area contributed by atoms with Crippen LogP contribution in [0.5, 0.6) is 11.5 Å². The van der Waals surface area contributed by atoms with Gasteiger partial charge in [-0.05, 0) is 36.4 Å². The van der Waals surface area contributed by atoms with Gasteiger partial charge >= 0.3 is 0 Å². The molecule has 0 atom stereocenters. The number of nitrogens with zero attached hydrogens (tertiary/aromatic N) is 2. The molecule has 0 aliphatic carbocycles. The van der Waals surface area contributed by atoms with Crippen molar-refractivity contribution in [3.8, 4) is 22.8 Å². The normalized spacial score (nSPS) is 12.1. The number of rotatable bonds is 2. The first-order chi connectivity index (χ1) is 12.9. The lowest BCUT2D eigenvalue weighted by Gasteiger charge is -2.33. The molecule has 0 unspecified atom stereocenters. The average molecular weight is 336 g/mol. The van der Waals surface area contributed by atoms with Crippen LogP contribution in [-0.4, -0.2) is 4.98 Å². The van der Waals surface area contributed by atoms with Crippen LogP contribution in [-0.2, 0) is 0 Å². The second-order valence-electron chi connectivity index (χ2n) is 6.11. The van der Waals surface area contributed by atoms with Crippen LogP contribution >= 0.6 is 0 Å². The van der Waals surface area contributed by atoms with Crippen LogP contribution in [0.2, 0.25) is 0 Å². The third-order valence-corrected chi connectivity index (χ3v) is 4.51. The summed E-state index contributed by atoms with van der Waals surface area (Å²) in [6.07, 6.45) is 1.84. The Morgan fingerprint density at radius 3 is 1.85 bits per heavy atom. The Balaban J connectivity index is 1.78. The number of hydrogen-bond donors (Lipinski definition) is 0. The molecule has 4 aromatic rings. The second-order valence-corrected chi connectivity index (χ2v) is 6.11. The summed E-state index contributed by atoms with van der Waals surface area (Å²) in [7, 11) is 0. The number of fused-ring (bicyclic) bond motifs is 2. The van der Waals surface area contributed by atoms with Crippen molar-refractivity contribution in [2.75, 3.05) is 4.90 Å². The molecule has 1 aliphatic rings. The van der Waals surface area contributed by atoms with Crippen LogP contribution in [0, 0.1) is 0 Å². The van der Waals surface area contributed by atoms with Gasteiger partial charge in [0, 0.05) is 11.8 Å². The first kappa shape index (κ1) is 14.7. The predicted octanol–water partition coefficient (Wildman–Crippen LogP) is 6.32. The van der Waals surface area contributed by atoms with E-state index in [9.17, 15) is 0 Å². The summed E-state index contributed by atoms with van der Waals surface area (Å²) in [6, 6.07) is 30.5. The maximum atomic E-state index is 6.11. The van der Waals surface area contributed by atoms with Gasteiger partial charge in [-0.1, -0.05) is 54.6 Å². The van der Waals surface area contributed by atoms with E-state index in [0.29, 0.717) is 0 Å². The van der Waals surface area contributed by atoms with Crippen molar-refractivity contribution >= 4 is 17.1 Å². The van der Waals surface area contributed by atoms with E-state index < -0.39 is 0 Å². The molecule has 0 fully saturated rings. The van der Waals surface area contributed by atoms with Gasteiger partial charge in [-0.25, -0.2) is 0 Å². The van der Waals surface area contributed by atoms with Crippen molar-refractivity contribution in [3.05, 3.63) is 97.2 Å². The maximum Gasteiger partial charge on any atom is 0.151 e. The molecule has 0 saturated carbocycles. The topological polar surface area (TPSA) is 25.4 Å². The minimum absolute atomic E-state index is 0.842. The van der Waals surface area contributed by atoms with Crippen molar-refractivity contribution in [3.63, 3.8) is 0 Å². The van der Waals surface area contributed by atoms with Crippen LogP contribution in [0.4, 0.5) is 17.1 Å². The van der Waals surface area contributed by atoms with Gasteiger partial charge in [-0.15, -0.1) is 0 Å². The zero-order valence-electron chi connectivity index (χ0n) is 14.0. The van der Waals surface area contributed by atoms with E-state index in [-0.39, 0.29) is 0 Å². The Kier molecular flexibility index (Phi) is 3.42. The van der Waals surface area contributed by atoms with E-state index in [2.05, 4.69) is 40.2 Å². The molecule has 0 N–H and O–H groups in total. The lowest BCUT2D eigenvalue weighted by molar-refractivity contribution is 0.477. The lowest BCUT2D eigenvalue weighted by atomic mass is 10.1. The van der Waals surface area contributed by atoms with Crippen molar-refractivity contribution in [1.29, 1.82) is 0 Å². The zero-order valence-corrected chi connectivity index (χ0v) is 14.0. The van der Waals surface area contributed by atoms with Crippen molar-refractivity contribution in [1.82, 2.24) is 4.98 Å². The van der Waals surface area contributed by atoms with Gasteiger partial charge < -0.3 is 9.64 Å². The molecule has 0 radical (unpaired) electrons. The van der Waals surface area contributed by atoms with Gasteiger partial charge in [0.1, 0.15) is 0 Å². The van der Waals surface area contributed by atoms with E-state index in [4.69, 9.17) is 4.74 Å². The highest BCUT2D eigenvalue weighted by Gasteiger charge is 2.27. The molecule has 0 saturated heterocycles. The first-order valence-electron chi connectivity index (χ1n) is 8.58.